The number of carbonyl (C=O) groups excluding carboxylic acids is 1. The van der Waals surface area contributed by atoms with Crippen LogP contribution < -0.4 is 0 Å². The monoisotopic (exact) mass is 251 g/mol. The number of nitrogens with zero attached hydrogens (tertiary/aromatic N) is 1. The average molecular weight is 251 g/mol. The maximum absolute atomic E-state index is 11.6. The van der Waals surface area contributed by atoms with Crippen LogP contribution in [-0.2, 0) is 14.3 Å². The number of ether oxygens (including phenoxy) is 2. The lowest BCUT2D eigenvalue weighted by Gasteiger charge is -2.48. The third kappa shape index (κ3) is 1.79. The van der Waals surface area contributed by atoms with Gasteiger partial charge in [-0.1, -0.05) is 13.0 Å². The van der Waals surface area contributed by atoms with E-state index in [4.69, 9.17) is 9.47 Å². The predicted molar refractivity (Wildman–Crippen MR) is 66.9 cm³/mol. The van der Waals surface area contributed by atoms with Crippen molar-refractivity contribution in [1.82, 2.24) is 4.90 Å². The first kappa shape index (κ1) is 12.2. The summed E-state index contributed by atoms with van der Waals surface area (Å²) in [5, 5.41) is 0. The van der Waals surface area contributed by atoms with Crippen molar-refractivity contribution in [2.75, 3.05) is 20.3 Å². The molecule has 0 aromatic carbocycles. The summed E-state index contributed by atoms with van der Waals surface area (Å²) in [6.07, 6.45) is 7.37. The number of rotatable bonds is 0. The minimum atomic E-state index is -0.377. The topological polar surface area (TPSA) is 38.8 Å². The highest BCUT2D eigenvalue weighted by Crippen LogP contribution is 2.44. The largest absolute Gasteiger partial charge is 0.350 e. The first-order valence-corrected chi connectivity index (χ1v) is 6.80. The molecule has 18 heavy (non-hydrogen) atoms. The summed E-state index contributed by atoms with van der Waals surface area (Å²) in [5.41, 5.74) is -0.0852. The lowest BCUT2D eigenvalue weighted by molar-refractivity contribution is -0.298. The summed E-state index contributed by atoms with van der Waals surface area (Å²) >= 11 is 0. The molecular weight excluding hydrogens is 230 g/mol. The molecule has 1 saturated heterocycles. The Morgan fingerprint density at radius 1 is 1.22 bits per heavy atom. The third-order valence-electron chi connectivity index (χ3n) is 4.67. The number of hydrogen-bond acceptors (Lipinski definition) is 3. The molecule has 0 aromatic heterocycles. The van der Waals surface area contributed by atoms with Crippen LogP contribution in [0.15, 0.2) is 12.2 Å². The highest BCUT2D eigenvalue weighted by molar-refractivity contribution is 5.91. The van der Waals surface area contributed by atoms with Crippen molar-refractivity contribution in [3.05, 3.63) is 12.2 Å². The van der Waals surface area contributed by atoms with Gasteiger partial charge in [0, 0.05) is 31.9 Å². The van der Waals surface area contributed by atoms with Crippen LogP contribution in [0.3, 0.4) is 0 Å². The highest BCUT2D eigenvalue weighted by atomic mass is 16.7. The number of likely N-dealkylation sites (N-methyl/N-ethyl adjacent to an activating group) is 1. The van der Waals surface area contributed by atoms with Gasteiger partial charge in [-0.25, -0.2) is 0 Å². The molecule has 1 saturated carbocycles. The molecular formula is C14H21NO3. The van der Waals surface area contributed by atoms with Crippen LogP contribution in [0.4, 0.5) is 0 Å². The molecule has 2 heterocycles. The molecule has 4 heteroatoms. The molecule has 1 aliphatic carbocycles. The van der Waals surface area contributed by atoms with Crippen molar-refractivity contribution in [1.29, 1.82) is 0 Å². The predicted octanol–water partition coefficient (Wildman–Crippen LogP) is 1.71. The normalized spacial score (nSPS) is 44.2. The number of amides is 1. The minimum absolute atomic E-state index is 0.0852. The maximum Gasteiger partial charge on any atom is 0.246 e. The molecule has 100 valence electrons. The van der Waals surface area contributed by atoms with Gasteiger partial charge in [-0.15, -0.1) is 0 Å². The van der Waals surface area contributed by atoms with Gasteiger partial charge in [0.15, 0.2) is 5.79 Å². The van der Waals surface area contributed by atoms with Gasteiger partial charge in [-0.3, -0.25) is 4.79 Å². The molecule has 4 nitrogen and oxygen atoms in total. The summed E-state index contributed by atoms with van der Waals surface area (Å²) in [7, 11) is 1.89. The van der Waals surface area contributed by atoms with Crippen molar-refractivity contribution in [2.45, 2.75) is 43.9 Å². The van der Waals surface area contributed by atoms with Crippen molar-refractivity contribution in [2.24, 2.45) is 5.92 Å². The molecule has 3 rings (SSSR count). The lowest BCUT2D eigenvalue weighted by Crippen LogP contribution is -2.54. The van der Waals surface area contributed by atoms with E-state index in [-0.39, 0.29) is 17.2 Å². The van der Waals surface area contributed by atoms with Crippen LogP contribution in [-0.4, -0.2) is 42.4 Å². The summed E-state index contributed by atoms with van der Waals surface area (Å²) in [6, 6.07) is 0. The van der Waals surface area contributed by atoms with Crippen molar-refractivity contribution in [3.63, 3.8) is 0 Å². The fourth-order valence-electron chi connectivity index (χ4n) is 3.20. The van der Waals surface area contributed by atoms with E-state index in [0.29, 0.717) is 5.92 Å². The van der Waals surface area contributed by atoms with E-state index < -0.39 is 0 Å². The first-order valence-electron chi connectivity index (χ1n) is 6.80. The highest BCUT2D eigenvalue weighted by Gasteiger charge is 2.49. The summed E-state index contributed by atoms with van der Waals surface area (Å²) in [4.78, 5) is 13.5. The Balaban J connectivity index is 1.68. The molecule has 0 aromatic rings. The molecule has 2 aliphatic heterocycles. The van der Waals surface area contributed by atoms with Crippen molar-refractivity contribution < 1.29 is 14.3 Å². The molecule has 0 unspecified atom stereocenters. The number of hydrogen-bond donors (Lipinski definition) is 0. The van der Waals surface area contributed by atoms with Crippen LogP contribution in [0.2, 0.25) is 0 Å². The first-order chi connectivity index (χ1) is 8.55. The van der Waals surface area contributed by atoms with E-state index in [1.165, 1.54) is 0 Å². The summed E-state index contributed by atoms with van der Waals surface area (Å²) in [5.74, 6) is 0.227. The fraction of sp³-hybridized carbons (Fsp3) is 0.786. The molecule has 3 aliphatic rings. The zero-order chi connectivity index (χ0) is 12.8. The van der Waals surface area contributed by atoms with Crippen LogP contribution in [0.1, 0.15) is 32.6 Å². The molecule has 1 amide bonds. The second-order valence-electron chi connectivity index (χ2n) is 5.97. The van der Waals surface area contributed by atoms with Crippen LogP contribution in [0.25, 0.3) is 0 Å². The van der Waals surface area contributed by atoms with E-state index >= 15 is 0 Å². The second-order valence-corrected chi connectivity index (χ2v) is 5.97. The third-order valence-corrected chi connectivity index (χ3v) is 4.67. The molecule has 0 bridgehead atoms. The van der Waals surface area contributed by atoms with Crippen LogP contribution in [0.5, 0.6) is 0 Å². The fourth-order valence-corrected chi connectivity index (χ4v) is 3.20. The van der Waals surface area contributed by atoms with Gasteiger partial charge in [-0.05, 0) is 12.8 Å². The molecule has 0 N–H and O–H groups in total. The van der Waals surface area contributed by atoms with Crippen LogP contribution >= 0.6 is 0 Å². The van der Waals surface area contributed by atoms with E-state index in [0.717, 1.165) is 38.9 Å². The van der Waals surface area contributed by atoms with E-state index in [9.17, 15) is 4.79 Å². The maximum atomic E-state index is 11.6. The summed E-state index contributed by atoms with van der Waals surface area (Å²) < 4.78 is 11.9. The molecule has 2 fully saturated rings. The number of carbonyl (C=O) groups is 1. The van der Waals surface area contributed by atoms with E-state index in [1.54, 1.807) is 6.08 Å². The Bertz CT molecular complexity index is 373. The summed E-state index contributed by atoms with van der Waals surface area (Å²) in [6.45, 7) is 3.72. The van der Waals surface area contributed by atoms with E-state index in [1.807, 2.05) is 11.9 Å². The van der Waals surface area contributed by atoms with Crippen LogP contribution in [0, 0.1) is 5.92 Å². The second kappa shape index (κ2) is 4.07. The minimum Gasteiger partial charge on any atom is -0.350 e. The van der Waals surface area contributed by atoms with Gasteiger partial charge in [0.25, 0.3) is 0 Å². The SMILES string of the molecule is CC1COC2(CCC3(C=CC(=O)N3C)CC2)OC1. The lowest BCUT2D eigenvalue weighted by atomic mass is 9.78. The van der Waals surface area contributed by atoms with Gasteiger partial charge in [0.1, 0.15) is 0 Å². The Kier molecular flexibility index (Phi) is 2.75. The quantitative estimate of drug-likeness (QED) is 0.658. The van der Waals surface area contributed by atoms with Crippen molar-refractivity contribution in [3.8, 4) is 0 Å². The Hall–Kier alpha value is -0.870. The Labute approximate surface area is 108 Å². The average Bonchev–Trinajstić information content (AvgIpc) is 2.66. The van der Waals surface area contributed by atoms with Gasteiger partial charge in [-0.2, -0.15) is 0 Å². The zero-order valence-corrected chi connectivity index (χ0v) is 11.1. The standard InChI is InChI=1S/C14H21NO3/c1-11-9-17-14(18-10-11)7-5-13(6-8-14)4-3-12(16)15(13)2/h3-4,11H,5-10H2,1-2H3. The smallest absolute Gasteiger partial charge is 0.246 e. The molecule has 2 spiro atoms. The zero-order valence-electron chi connectivity index (χ0n) is 11.1. The van der Waals surface area contributed by atoms with Gasteiger partial charge in [0.2, 0.25) is 5.91 Å². The molecule has 0 atom stereocenters. The Morgan fingerprint density at radius 2 is 1.83 bits per heavy atom. The van der Waals surface area contributed by atoms with Gasteiger partial charge >= 0.3 is 0 Å². The Morgan fingerprint density at radius 3 is 2.33 bits per heavy atom. The van der Waals surface area contributed by atoms with Gasteiger partial charge < -0.3 is 14.4 Å². The van der Waals surface area contributed by atoms with Crippen molar-refractivity contribution >= 4 is 5.91 Å². The van der Waals surface area contributed by atoms with Gasteiger partial charge in [0.05, 0.1) is 18.8 Å². The van der Waals surface area contributed by atoms with E-state index in [2.05, 4.69) is 13.0 Å². The molecule has 0 radical (unpaired) electrons.